The van der Waals surface area contributed by atoms with E-state index >= 15 is 0 Å². The molecule has 1 nitrogen and oxygen atoms in total. The standard InChI is InChI=1S/C2H6ClNS2/c3-1-2-4(5)6/h5-6H,1-2H2. The van der Waals surface area contributed by atoms with Gasteiger partial charge in [-0.2, -0.15) is 3.71 Å². The monoisotopic (exact) mass is 143 g/mol. The molecule has 0 atom stereocenters. The Hall–Kier alpha value is 0.950. The van der Waals surface area contributed by atoms with Crippen LogP contribution < -0.4 is 0 Å². The van der Waals surface area contributed by atoms with E-state index in [2.05, 4.69) is 25.6 Å². The van der Waals surface area contributed by atoms with Crippen molar-refractivity contribution in [3.05, 3.63) is 0 Å². The number of hydrogen-bond acceptors (Lipinski definition) is 3. The number of nitrogens with zero attached hydrogens (tertiary/aromatic N) is 1. The maximum Gasteiger partial charge on any atom is 0.0370 e. The first-order valence-electron chi connectivity index (χ1n) is 1.48. The minimum absolute atomic E-state index is 0.576. The summed E-state index contributed by atoms with van der Waals surface area (Å²) in [5.41, 5.74) is 0. The van der Waals surface area contributed by atoms with Crippen LogP contribution in [-0.4, -0.2) is 16.1 Å². The van der Waals surface area contributed by atoms with E-state index in [1.54, 1.807) is 0 Å². The molecule has 0 rings (SSSR count). The van der Waals surface area contributed by atoms with Gasteiger partial charge >= 0.3 is 0 Å². The molecule has 0 bridgehead atoms. The average Bonchev–Trinajstić information content (AvgIpc) is 1.35. The van der Waals surface area contributed by atoms with Gasteiger partial charge in [0.2, 0.25) is 0 Å². The predicted molar refractivity (Wildman–Crippen MR) is 35.4 cm³/mol. The Morgan fingerprint density at radius 2 is 2.00 bits per heavy atom. The summed E-state index contributed by atoms with van der Waals surface area (Å²) in [4.78, 5) is 0. The Balaban J connectivity index is 2.63. The van der Waals surface area contributed by atoms with E-state index in [4.69, 9.17) is 11.6 Å². The van der Waals surface area contributed by atoms with Gasteiger partial charge in [-0.05, 0) is 0 Å². The summed E-state index contributed by atoms with van der Waals surface area (Å²) >= 11 is 12.8. The Morgan fingerprint density at radius 3 is 2.00 bits per heavy atom. The molecule has 0 unspecified atom stereocenters. The normalized spacial score (nSPS) is 10.0. The third-order valence-electron chi connectivity index (χ3n) is 0.285. The molecule has 0 saturated heterocycles. The molecule has 0 aromatic heterocycles. The molecule has 38 valence electrons. The van der Waals surface area contributed by atoms with Gasteiger partial charge in [0, 0.05) is 12.4 Å². The summed E-state index contributed by atoms with van der Waals surface area (Å²) in [5.74, 6) is 0.576. The molecular formula is C2H6ClNS2. The summed E-state index contributed by atoms with van der Waals surface area (Å²) in [5, 5.41) is 0. The van der Waals surface area contributed by atoms with Crippen molar-refractivity contribution >= 4 is 37.2 Å². The molecular weight excluding hydrogens is 138 g/mol. The highest BCUT2D eigenvalue weighted by Crippen LogP contribution is 1.94. The quantitative estimate of drug-likeness (QED) is 0.434. The third kappa shape index (κ3) is 4.95. The van der Waals surface area contributed by atoms with Crippen molar-refractivity contribution in [2.45, 2.75) is 0 Å². The number of rotatable bonds is 2. The van der Waals surface area contributed by atoms with Crippen LogP contribution in [0.25, 0.3) is 0 Å². The minimum Gasteiger partial charge on any atom is -0.199 e. The molecule has 0 N–H and O–H groups in total. The average molecular weight is 144 g/mol. The lowest BCUT2D eigenvalue weighted by molar-refractivity contribution is 0.813. The van der Waals surface area contributed by atoms with Crippen LogP contribution in [0.1, 0.15) is 0 Å². The number of hydrogen-bond donors (Lipinski definition) is 2. The highest BCUT2D eigenvalue weighted by atomic mass is 35.5. The zero-order valence-electron chi connectivity index (χ0n) is 3.13. The molecule has 4 heteroatoms. The molecule has 0 radical (unpaired) electrons. The molecule has 0 aliphatic carbocycles. The van der Waals surface area contributed by atoms with Crippen molar-refractivity contribution in [3.8, 4) is 0 Å². The fourth-order valence-electron chi connectivity index (χ4n) is 0.0756. The molecule has 0 aliphatic rings. The maximum atomic E-state index is 5.26. The van der Waals surface area contributed by atoms with E-state index in [0.717, 1.165) is 0 Å². The van der Waals surface area contributed by atoms with E-state index < -0.39 is 0 Å². The van der Waals surface area contributed by atoms with Gasteiger partial charge in [0.25, 0.3) is 0 Å². The molecule has 0 saturated carbocycles. The molecule has 0 fully saturated rings. The van der Waals surface area contributed by atoms with Crippen molar-refractivity contribution in [2.24, 2.45) is 0 Å². The molecule has 0 aliphatic heterocycles. The van der Waals surface area contributed by atoms with E-state index in [1.807, 2.05) is 0 Å². The van der Waals surface area contributed by atoms with Crippen molar-refractivity contribution in [1.82, 2.24) is 3.71 Å². The van der Waals surface area contributed by atoms with Crippen molar-refractivity contribution in [1.29, 1.82) is 0 Å². The summed E-state index contributed by atoms with van der Waals surface area (Å²) in [6.45, 7) is 0.702. The second-order valence-corrected chi connectivity index (χ2v) is 2.44. The number of thiol groups is 2. The first-order chi connectivity index (χ1) is 2.77. The SMILES string of the molecule is SN(S)CCCl. The van der Waals surface area contributed by atoms with E-state index in [9.17, 15) is 0 Å². The molecule has 0 amide bonds. The summed E-state index contributed by atoms with van der Waals surface area (Å²) in [6, 6.07) is 0. The van der Waals surface area contributed by atoms with Crippen LogP contribution in [0.3, 0.4) is 0 Å². The van der Waals surface area contributed by atoms with Gasteiger partial charge in [-0.3, -0.25) is 0 Å². The van der Waals surface area contributed by atoms with Crippen LogP contribution in [0, 0.1) is 0 Å². The highest BCUT2D eigenvalue weighted by molar-refractivity contribution is 7.93. The number of halogens is 1. The van der Waals surface area contributed by atoms with E-state index in [-0.39, 0.29) is 0 Å². The van der Waals surface area contributed by atoms with Crippen molar-refractivity contribution in [2.75, 3.05) is 12.4 Å². The van der Waals surface area contributed by atoms with Crippen LogP contribution in [-0.2, 0) is 0 Å². The lowest BCUT2D eigenvalue weighted by Gasteiger charge is -1.99. The van der Waals surface area contributed by atoms with E-state index in [0.29, 0.717) is 12.4 Å². The van der Waals surface area contributed by atoms with Crippen molar-refractivity contribution < 1.29 is 0 Å². The van der Waals surface area contributed by atoms with Gasteiger partial charge < -0.3 is 0 Å². The smallest absolute Gasteiger partial charge is 0.0370 e. The van der Waals surface area contributed by atoms with Crippen LogP contribution >= 0.6 is 37.2 Å². The van der Waals surface area contributed by atoms with Gasteiger partial charge in [-0.1, -0.05) is 25.6 Å². The zero-order chi connectivity index (χ0) is 4.99. The minimum atomic E-state index is 0.576. The van der Waals surface area contributed by atoms with Gasteiger partial charge in [0.1, 0.15) is 0 Å². The van der Waals surface area contributed by atoms with Crippen molar-refractivity contribution in [3.63, 3.8) is 0 Å². The summed E-state index contributed by atoms with van der Waals surface area (Å²) in [7, 11) is 0. The van der Waals surface area contributed by atoms with Crippen LogP contribution in [0.2, 0.25) is 0 Å². The Bertz CT molecular complexity index is 32.7. The zero-order valence-corrected chi connectivity index (χ0v) is 5.68. The first kappa shape index (κ1) is 6.95. The van der Waals surface area contributed by atoms with E-state index in [1.165, 1.54) is 3.71 Å². The fraction of sp³-hybridized carbons (Fsp3) is 1.00. The fourth-order valence-corrected chi connectivity index (χ4v) is 0.680. The third-order valence-corrected chi connectivity index (χ3v) is 0.854. The molecule has 0 aromatic rings. The predicted octanol–water partition coefficient (Wildman–Crippen LogP) is 1.22. The highest BCUT2D eigenvalue weighted by Gasteiger charge is 1.83. The molecule has 0 aromatic carbocycles. The second-order valence-electron chi connectivity index (χ2n) is 0.785. The topological polar surface area (TPSA) is 3.24 Å². The van der Waals surface area contributed by atoms with Crippen LogP contribution in [0.15, 0.2) is 0 Å². The van der Waals surface area contributed by atoms with Gasteiger partial charge in [-0.25, -0.2) is 0 Å². The Labute approximate surface area is 53.7 Å². The Morgan fingerprint density at radius 1 is 1.50 bits per heavy atom. The lowest BCUT2D eigenvalue weighted by atomic mass is 10.8. The Kier molecular flexibility index (Phi) is 4.77. The summed E-state index contributed by atoms with van der Waals surface area (Å²) in [6.07, 6.45) is 0. The van der Waals surface area contributed by atoms with Gasteiger partial charge in [0.15, 0.2) is 0 Å². The van der Waals surface area contributed by atoms with Crippen LogP contribution in [0.4, 0.5) is 0 Å². The molecule has 6 heavy (non-hydrogen) atoms. The van der Waals surface area contributed by atoms with Crippen LogP contribution in [0.5, 0.6) is 0 Å². The largest absolute Gasteiger partial charge is 0.199 e. The van der Waals surface area contributed by atoms with Gasteiger partial charge in [-0.15, -0.1) is 11.6 Å². The lowest BCUT2D eigenvalue weighted by Crippen LogP contribution is -1.99. The summed E-state index contributed by atoms with van der Waals surface area (Å²) < 4.78 is 1.44. The maximum absolute atomic E-state index is 5.26. The molecule has 0 heterocycles. The second kappa shape index (κ2) is 4.12. The first-order valence-corrected chi connectivity index (χ1v) is 2.82. The number of alkyl halides is 1. The molecule has 0 spiro atoms. The van der Waals surface area contributed by atoms with Gasteiger partial charge in [0.05, 0.1) is 0 Å².